The third-order valence-electron chi connectivity index (χ3n) is 5.46. The molecule has 0 bridgehead atoms. The second-order valence-electron chi connectivity index (χ2n) is 7.46. The fourth-order valence-electron chi connectivity index (χ4n) is 3.77. The predicted molar refractivity (Wildman–Crippen MR) is 117 cm³/mol. The SMILES string of the molecule is C[C@H](CN[C@@H](c1ccccc1)[C@H]1CNc2cccnc2N1)c1ccc(C#N)cc1. The summed E-state index contributed by atoms with van der Waals surface area (Å²) >= 11 is 0. The maximum Gasteiger partial charge on any atom is 0.149 e. The van der Waals surface area contributed by atoms with Gasteiger partial charge in [-0.05, 0) is 41.3 Å². The van der Waals surface area contributed by atoms with Crippen molar-refractivity contribution in [1.29, 1.82) is 5.26 Å². The summed E-state index contributed by atoms with van der Waals surface area (Å²) in [6.45, 7) is 3.86. The van der Waals surface area contributed by atoms with Gasteiger partial charge in [-0.1, -0.05) is 49.4 Å². The Morgan fingerprint density at radius 3 is 2.62 bits per heavy atom. The number of hydrogen-bond acceptors (Lipinski definition) is 5. The molecular formula is C24H25N5. The number of nitrogens with one attached hydrogen (secondary N) is 3. The summed E-state index contributed by atoms with van der Waals surface area (Å²) in [6, 6.07) is 24.9. The van der Waals surface area contributed by atoms with Crippen LogP contribution in [-0.2, 0) is 0 Å². The van der Waals surface area contributed by atoms with Crippen LogP contribution in [0.2, 0.25) is 0 Å². The smallest absolute Gasteiger partial charge is 0.149 e. The maximum atomic E-state index is 9.00. The molecule has 1 aliphatic heterocycles. The van der Waals surface area contributed by atoms with Gasteiger partial charge in [-0.25, -0.2) is 4.98 Å². The molecular weight excluding hydrogens is 358 g/mol. The van der Waals surface area contributed by atoms with E-state index in [2.05, 4.69) is 58.2 Å². The molecule has 3 N–H and O–H groups in total. The molecule has 2 aromatic carbocycles. The summed E-state index contributed by atoms with van der Waals surface area (Å²) in [5, 5.41) is 19.9. The number of hydrogen-bond donors (Lipinski definition) is 3. The van der Waals surface area contributed by atoms with Gasteiger partial charge in [0.05, 0.1) is 29.4 Å². The molecule has 29 heavy (non-hydrogen) atoms. The van der Waals surface area contributed by atoms with Gasteiger partial charge in [0.1, 0.15) is 5.82 Å². The molecule has 3 aromatic rings. The summed E-state index contributed by atoms with van der Waals surface area (Å²) < 4.78 is 0. The van der Waals surface area contributed by atoms with Crippen molar-refractivity contribution < 1.29 is 0 Å². The van der Waals surface area contributed by atoms with Gasteiger partial charge in [0, 0.05) is 19.3 Å². The Balaban J connectivity index is 1.50. The first-order valence-electron chi connectivity index (χ1n) is 9.98. The van der Waals surface area contributed by atoms with E-state index in [1.54, 1.807) is 0 Å². The number of fused-ring (bicyclic) bond motifs is 1. The van der Waals surface area contributed by atoms with Crippen molar-refractivity contribution in [2.24, 2.45) is 0 Å². The lowest BCUT2D eigenvalue weighted by Crippen LogP contribution is -2.45. The number of pyridine rings is 1. The molecule has 0 unspecified atom stereocenters. The molecule has 0 radical (unpaired) electrons. The molecule has 0 spiro atoms. The van der Waals surface area contributed by atoms with E-state index in [1.165, 1.54) is 11.1 Å². The highest BCUT2D eigenvalue weighted by Gasteiger charge is 2.27. The molecule has 2 heterocycles. The van der Waals surface area contributed by atoms with Crippen molar-refractivity contribution in [2.45, 2.75) is 24.9 Å². The van der Waals surface area contributed by atoms with Gasteiger partial charge in [-0.15, -0.1) is 0 Å². The second-order valence-corrected chi connectivity index (χ2v) is 7.46. The molecule has 5 nitrogen and oxygen atoms in total. The molecule has 0 aliphatic carbocycles. The number of nitrogens with zero attached hydrogens (tertiary/aromatic N) is 2. The van der Waals surface area contributed by atoms with E-state index in [0.717, 1.165) is 24.6 Å². The minimum Gasteiger partial charge on any atom is -0.380 e. The van der Waals surface area contributed by atoms with Crippen LogP contribution in [0, 0.1) is 11.3 Å². The van der Waals surface area contributed by atoms with Crippen LogP contribution in [0.25, 0.3) is 0 Å². The Hall–Kier alpha value is -3.36. The molecule has 4 rings (SSSR count). The van der Waals surface area contributed by atoms with Crippen molar-refractivity contribution in [1.82, 2.24) is 10.3 Å². The Kier molecular flexibility index (Phi) is 5.73. The monoisotopic (exact) mass is 383 g/mol. The lowest BCUT2D eigenvalue weighted by Gasteiger charge is -2.35. The van der Waals surface area contributed by atoms with Crippen LogP contribution in [0.1, 0.15) is 35.6 Å². The molecule has 5 heteroatoms. The number of benzene rings is 2. The molecule has 146 valence electrons. The van der Waals surface area contributed by atoms with E-state index in [1.807, 2.05) is 48.7 Å². The first kappa shape index (κ1) is 19.0. The third-order valence-corrected chi connectivity index (χ3v) is 5.46. The van der Waals surface area contributed by atoms with Gasteiger partial charge in [0.25, 0.3) is 0 Å². The highest BCUT2D eigenvalue weighted by Crippen LogP contribution is 2.29. The van der Waals surface area contributed by atoms with E-state index < -0.39 is 0 Å². The highest BCUT2D eigenvalue weighted by molar-refractivity contribution is 5.67. The molecule has 3 atom stereocenters. The van der Waals surface area contributed by atoms with Crippen LogP contribution in [0.4, 0.5) is 11.5 Å². The predicted octanol–water partition coefficient (Wildman–Crippen LogP) is 4.29. The second kappa shape index (κ2) is 8.76. The summed E-state index contributed by atoms with van der Waals surface area (Å²) in [5.74, 6) is 1.22. The summed E-state index contributed by atoms with van der Waals surface area (Å²) in [6.07, 6.45) is 1.81. The zero-order valence-corrected chi connectivity index (χ0v) is 16.5. The van der Waals surface area contributed by atoms with Crippen molar-refractivity contribution in [3.8, 4) is 6.07 Å². The van der Waals surface area contributed by atoms with Gasteiger partial charge >= 0.3 is 0 Å². The summed E-state index contributed by atoms with van der Waals surface area (Å²) in [5.41, 5.74) is 4.21. The minimum atomic E-state index is 0.139. The zero-order chi connectivity index (χ0) is 20.1. The average Bonchev–Trinajstić information content (AvgIpc) is 2.79. The standard InChI is InChI=1S/C24H25N5/c1-17(19-11-9-18(14-25)10-12-19)15-28-23(20-6-3-2-4-7-20)22-16-27-21-8-5-13-26-24(21)29-22/h2-13,17,22-23,27-28H,15-16H2,1H3,(H,26,29)/t17-,22-,23+/m1/s1. The normalized spacial score (nSPS) is 17.2. The lowest BCUT2D eigenvalue weighted by atomic mass is 9.95. The number of rotatable bonds is 6. The highest BCUT2D eigenvalue weighted by atomic mass is 15.2. The molecule has 0 saturated heterocycles. The van der Waals surface area contributed by atoms with Gasteiger partial charge in [0.2, 0.25) is 0 Å². The van der Waals surface area contributed by atoms with E-state index in [0.29, 0.717) is 11.5 Å². The fraction of sp³-hybridized carbons (Fsp3) is 0.250. The van der Waals surface area contributed by atoms with E-state index >= 15 is 0 Å². The Morgan fingerprint density at radius 1 is 1.07 bits per heavy atom. The van der Waals surface area contributed by atoms with E-state index in [9.17, 15) is 0 Å². The van der Waals surface area contributed by atoms with Crippen molar-refractivity contribution in [2.75, 3.05) is 23.7 Å². The Bertz CT molecular complexity index is 978. The number of aromatic nitrogens is 1. The first-order chi connectivity index (χ1) is 14.2. The largest absolute Gasteiger partial charge is 0.380 e. The average molecular weight is 383 g/mol. The first-order valence-corrected chi connectivity index (χ1v) is 9.98. The van der Waals surface area contributed by atoms with E-state index in [-0.39, 0.29) is 12.1 Å². The molecule has 0 fully saturated rings. The summed E-state index contributed by atoms with van der Waals surface area (Å²) in [4.78, 5) is 4.48. The Morgan fingerprint density at radius 2 is 1.86 bits per heavy atom. The number of anilines is 2. The molecule has 1 aromatic heterocycles. The minimum absolute atomic E-state index is 0.139. The van der Waals surface area contributed by atoms with Crippen molar-refractivity contribution in [3.63, 3.8) is 0 Å². The van der Waals surface area contributed by atoms with Crippen LogP contribution in [0.5, 0.6) is 0 Å². The quantitative estimate of drug-likeness (QED) is 0.592. The van der Waals surface area contributed by atoms with Gasteiger partial charge in [-0.2, -0.15) is 5.26 Å². The van der Waals surface area contributed by atoms with Crippen molar-refractivity contribution >= 4 is 11.5 Å². The third kappa shape index (κ3) is 4.39. The number of nitriles is 1. The van der Waals surface area contributed by atoms with Gasteiger partial charge < -0.3 is 16.0 Å². The van der Waals surface area contributed by atoms with Crippen LogP contribution >= 0.6 is 0 Å². The molecule has 1 aliphatic rings. The van der Waals surface area contributed by atoms with Crippen molar-refractivity contribution in [3.05, 3.63) is 89.6 Å². The van der Waals surface area contributed by atoms with E-state index in [4.69, 9.17) is 5.26 Å². The Labute approximate surface area is 171 Å². The maximum absolute atomic E-state index is 9.00. The van der Waals surface area contributed by atoms with Gasteiger partial charge in [-0.3, -0.25) is 0 Å². The topological polar surface area (TPSA) is 72.8 Å². The lowest BCUT2D eigenvalue weighted by molar-refractivity contribution is 0.453. The molecule has 0 saturated carbocycles. The van der Waals surface area contributed by atoms with Gasteiger partial charge in [0.15, 0.2) is 0 Å². The summed E-state index contributed by atoms with van der Waals surface area (Å²) in [7, 11) is 0. The van der Waals surface area contributed by atoms with Crippen LogP contribution in [0.15, 0.2) is 72.9 Å². The molecule has 0 amide bonds. The fourth-order valence-corrected chi connectivity index (χ4v) is 3.77. The van der Waals surface area contributed by atoms with Crippen LogP contribution in [0.3, 0.4) is 0 Å². The van der Waals surface area contributed by atoms with Crippen LogP contribution < -0.4 is 16.0 Å². The zero-order valence-electron chi connectivity index (χ0n) is 16.5. The van der Waals surface area contributed by atoms with Crippen LogP contribution in [-0.4, -0.2) is 24.1 Å².